The molecule has 1 fully saturated rings. The van der Waals surface area contributed by atoms with Gasteiger partial charge in [0.2, 0.25) is 5.91 Å². The van der Waals surface area contributed by atoms with Gasteiger partial charge in [0.15, 0.2) is 0 Å². The number of hydrogen-bond donors (Lipinski definition) is 0. The number of hydrogen-bond acceptors (Lipinski definition) is 1. The van der Waals surface area contributed by atoms with E-state index < -0.39 is 0 Å². The average Bonchev–Trinajstić information content (AvgIpc) is 2.70. The molecule has 2 nitrogen and oxygen atoms in total. The van der Waals surface area contributed by atoms with Gasteiger partial charge in [0.25, 0.3) is 0 Å². The molecule has 0 N–H and O–H groups in total. The molecule has 0 aromatic carbocycles. The summed E-state index contributed by atoms with van der Waals surface area (Å²) in [5.74, 6) is 0.940. The fraction of sp³-hybridized carbons (Fsp3) is 0.923. The van der Waals surface area contributed by atoms with E-state index in [-0.39, 0.29) is 10.7 Å². The third kappa shape index (κ3) is 4.08. The van der Waals surface area contributed by atoms with Crippen molar-refractivity contribution in [3.05, 3.63) is 0 Å². The first-order valence-corrected chi connectivity index (χ1v) is 7.38. The van der Waals surface area contributed by atoms with Crippen molar-refractivity contribution in [3.63, 3.8) is 0 Å². The molecule has 1 saturated carbocycles. The number of alkyl halides is 1. The van der Waals surface area contributed by atoms with E-state index in [4.69, 9.17) is 0 Å². The van der Waals surface area contributed by atoms with E-state index in [2.05, 4.69) is 34.7 Å². The van der Waals surface area contributed by atoms with Crippen molar-refractivity contribution in [2.45, 2.75) is 63.7 Å². The third-order valence-electron chi connectivity index (χ3n) is 3.34. The van der Waals surface area contributed by atoms with Crippen LogP contribution in [0.1, 0.15) is 52.9 Å². The molecule has 0 aromatic rings. The molecule has 1 unspecified atom stereocenters. The number of halogens is 1. The molecule has 1 amide bonds. The summed E-state index contributed by atoms with van der Waals surface area (Å²) in [5.41, 5.74) is 0. The second kappa shape index (κ2) is 6.63. The minimum Gasteiger partial charge on any atom is -0.339 e. The smallest absolute Gasteiger partial charge is 0.236 e. The summed E-state index contributed by atoms with van der Waals surface area (Å²) in [6, 6.07) is 0.506. The highest BCUT2D eigenvalue weighted by molar-refractivity contribution is 9.10. The Kier molecular flexibility index (Phi) is 5.81. The molecule has 16 heavy (non-hydrogen) atoms. The fourth-order valence-electron chi connectivity index (χ4n) is 2.31. The Hall–Kier alpha value is -0.0500. The van der Waals surface area contributed by atoms with Gasteiger partial charge in [0.05, 0.1) is 4.83 Å². The zero-order valence-corrected chi connectivity index (χ0v) is 12.3. The molecule has 0 bridgehead atoms. The van der Waals surface area contributed by atoms with Crippen molar-refractivity contribution in [3.8, 4) is 0 Å². The maximum Gasteiger partial charge on any atom is 0.236 e. The van der Waals surface area contributed by atoms with Gasteiger partial charge in [-0.15, -0.1) is 0 Å². The monoisotopic (exact) mass is 289 g/mol. The number of amides is 1. The minimum atomic E-state index is -0.0414. The standard InChI is InChI=1S/C13H24BrNO/c1-10(2)8-9-15(13(16)11(3)14)12-6-4-5-7-12/h10-12H,4-9H2,1-3H3. The van der Waals surface area contributed by atoms with Crippen LogP contribution >= 0.6 is 15.9 Å². The first-order valence-electron chi connectivity index (χ1n) is 6.47. The number of rotatable bonds is 5. The van der Waals surface area contributed by atoms with Crippen LogP contribution in [0.15, 0.2) is 0 Å². The van der Waals surface area contributed by atoms with Gasteiger partial charge in [0.1, 0.15) is 0 Å². The highest BCUT2D eigenvalue weighted by Gasteiger charge is 2.28. The average molecular weight is 290 g/mol. The van der Waals surface area contributed by atoms with Crippen LogP contribution in [0, 0.1) is 5.92 Å². The van der Waals surface area contributed by atoms with Crippen molar-refractivity contribution >= 4 is 21.8 Å². The van der Waals surface area contributed by atoms with Gasteiger partial charge in [-0.3, -0.25) is 4.79 Å². The van der Waals surface area contributed by atoms with Crippen LogP contribution in [-0.4, -0.2) is 28.2 Å². The lowest BCUT2D eigenvalue weighted by molar-refractivity contribution is -0.132. The van der Waals surface area contributed by atoms with Crippen LogP contribution in [0.5, 0.6) is 0 Å². The van der Waals surface area contributed by atoms with Crippen LogP contribution in [0.25, 0.3) is 0 Å². The summed E-state index contributed by atoms with van der Waals surface area (Å²) in [6.45, 7) is 7.29. The van der Waals surface area contributed by atoms with Crippen LogP contribution in [0.4, 0.5) is 0 Å². The van der Waals surface area contributed by atoms with Crippen molar-refractivity contribution in [2.24, 2.45) is 5.92 Å². The predicted octanol–water partition coefficient (Wildman–Crippen LogP) is 3.59. The van der Waals surface area contributed by atoms with Gasteiger partial charge in [-0.25, -0.2) is 0 Å². The van der Waals surface area contributed by atoms with Crippen LogP contribution in [0.2, 0.25) is 0 Å². The summed E-state index contributed by atoms with van der Waals surface area (Å²) in [6.07, 6.45) is 6.08. The van der Waals surface area contributed by atoms with Gasteiger partial charge >= 0.3 is 0 Å². The topological polar surface area (TPSA) is 20.3 Å². The lowest BCUT2D eigenvalue weighted by Gasteiger charge is -2.30. The Balaban J connectivity index is 2.56. The SMILES string of the molecule is CC(C)CCN(C(=O)C(C)Br)C1CCCC1. The molecular formula is C13H24BrNO. The van der Waals surface area contributed by atoms with Crippen molar-refractivity contribution in [1.29, 1.82) is 0 Å². The van der Waals surface area contributed by atoms with E-state index in [1.54, 1.807) is 0 Å². The van der Waals surface area contributed by atoms with Crippen molar-refractivity contribution < 1.29 is 4.79 Å². The van der Waals surface area contributed by atoms with Crippen molar-refractivity contribution in [1.82, 2.24) is 4.90 Å². The molecule has 1 aliphatic rings. The summed E-state index contributed by atoms with van der Waals surface area (Å²) in [7, 11) is 0. The summed E-state index contributed by atoms with van der Waals surface area (Å²) in [4.78, 5) is 14.2. The van der Waals surface area contributed by atoms with Crippen LogP contribution < -0.4 is 0 Å². The molecule has 1 rings (SSSR count). The van der Waals surface area contributed by atoms with E-state index in [0.29, 0.717) is 12.0 Å². The Morgan fingerprint density at radius 1 is 1.31 bits per heavy atom. The summed E-state index contributed by atoms with van der Waals surface area (Å²) >= 11 is 3.40. The molecule has 0 aromatic heterocycles. The maximum atomic E-state index is 12.1. The molecule has 0 radical (unpaired) electrons. The highest BCUT2D eigenvalue weighted by atomic mass is 79.9. The lowest BCUT2D eigenvalue weighted by Crippen LogP contribution is -2.43. The first-order chi connectivity index (χ1) is 7.52. The Morgan fingerprint density at radius 3 is 2.31 bits per heavy atom. The molecule has 94 valence electrons. The molecule has 0 heterocycles. The lowest BCUT2D eigenvalue weighted by atomic mass is 10.1. The number of nitrogens with zero attached hydrogens (tertiary/aromatic N) is 1. The number of carbonyl (C=O) groups excluding carboxylic acids is 1. The normalized spacial score (nSPS) is 19.1. The molecule has 1 atom stereocenters. The van der Waals surface area contributed by atoms with E-state index in [1.165, 1.54) is 25.7 Å². The van der Waals surface area contributed by atoms with Gasteiger partial charge < -0.3 is 4.90 Å². The fourth-order valence-corrected chi connectivity index (χ4v) is 2.58. The Labute approximate surface area is 108 Å². The third-order valence-corrected chi connectivity index (χ3v) is 3.73. The molecule has 0 spiro atoms. The summed E-state index contributed by atoms with van der Waals surface area (Å²) in [5, 5.41) is 0. The second-order valence-electron chi connectivity index (χ2n) is 5.27. The van der Waals surface area contributed by atoms with Crippen LogP contribution in [0.3, 0.4) is 0 Å². The van der Waals surface area contributed by atoms with E-state index in [9.17, 15) is 4.79 Å². The van der Waals surface area contributed by atoms with Gasteiger partial charge in [-0.05, 0) is 32.1 Å². The minimum absolute atomic E-state index is 0.0414. The largest absolute Gasteiger partial charge is 0.339 e. The highest BCUT2D eigenvalue weighted by Crippen LogP contribution is 2.25. The first kappa shape index (κ1) is 14.0. The molecule has 1 aliphatic carbocycles. The van der Waals surface area contributed by atoms with Gasteiger partial charge in [-0.2, -0.15) is 0 Å². The molecule has 0 saturated heterocycles. The van der Waals surface area contributed by atoms with Gasteiger partial charge in [-0.1, -0.05) is 42.6 Å². The van der Waals surface area contributed by atoms with E-state index in [1.807, 2.05) is 6.92 Å². The molecular weight excluding hydrogens is 266 g/mol. The molecule has 0 aliphatic heterocycles. The Morgan fingerprint density at radius 2 is 1.88 bits per heavy atom. The van der Waals surface area contributed by atoms with Gasteiger partial charge in [0, 0.05) is 12.6 Å². The number of carbonyl (C=O) groups is 1. The van der Waals surface area contributed by atoms with Crippen LogP contribution in [-0.2, 0) is 4.79 Å². The zero-order valence-electron chi connectivity index (χ0n) is 10.7. The predicted molar refractivity (Wildman–Crippen MR) is 71.8 cm³/mol. The summed E-state index contributed by atoms with van der Waals surface area (Å²) < 4.78 is 0. The quantitative estimate of drug-likeness (QED) is 0.709. The Bertz CT molecular complexity index is 222. The second-order valence-corrected chi connectivity index (χ2v) is 6.64. The molecule has 3 heteroatoms. The van der Waals surface area contributed by atoms with E-state index in [0.717, 1.165) is 13.0 Å². The van der Waals surface area contributed by atoms with E-state index >= 15 is 0 Å². The van der Waals surface area contributed by atoms with Crippen molar-refractivity contribution in [2.75, 3.05) is 6.54 Å². The maximum absolute atomic E-state index is 12.1. The zero-order chi connectivity index (χ0) is 12.1.